The lowest BCUT2D eigenvalue weighted by Gasteiger charge is -2.19. The summed E-state index contributed by atoms with van der Waals surface area (Å²) in [7, 11) is -2.29. The van der Waals surface area contributed by atoms with Gasteiger partial charge in [-0.05, 0) is 61.4 Å². The van der Waals surface area contributed by atoms with Crippen LogP contribution in [0.1, 0.15) is 21.5 Å². The topological polar surface area (TPSA) is 66.5 Å². The number of anilines is 2. The summed E-state index contributed by atoms with van der Waals surface area (Å²) in [5.74, 6) is -0.354. The van der Waals surface area contributed by atoms with Gasteiger partial charge in [0.15, 0.2) is 0 Å². The van der Waals surface area contributed by atoms with Crippen molar-refractivity contribution in [1.82, 2.24) is 0 Å². The van der Waals surface area contributed by atoms with Gasteiger partial charge >= 0.3 is 0 Å². The molecule has 3 aromatic rings. The molecule has 28 heavy (non-hydrogen) atoms. The molecule has 0 aliphatic heterocycles. The van der Waals surface area contributed by atoms with E-state index in [0.717, 1.165) is 11.1 Å². The molecule has 3 rings (SSSR count). The molecule has 6 heteroatoms. The van der Waals surface area contributed by atoms with Gasteiger partial charge in [0.2, 0.25) is 0 Å². The van der Waals surface area contributed by atoms with Crippen LogP contribution in [0.25, 0.3) is 0 Å². The predicted molar refractivity (Wildman–Crippen MR) is 112 cm³/mol. The Kier molecular flexibility index (Phi) is 5.51. The van der Waals surface area contributed by atoms with Crippen LogP contribution < -0.4 is 9.62 Å². The van der Waals surface area contributed by atoms with Crippen LogP contribution in [0.4, 0.5) is 11.4 Å². The van der Waals surface area contributed by atoms with Gasteiger partial charge in [-0.1, -0.05) is 36.4 Å². The van der Waals surface area contributed by atoms with Crippen molar-refractivity contribution in [3.63, 3.8) is 0 Å². The lowest BCUT2D eigenvalue weighted by Crippen LogP contribution is -2.26. The lowest BCUT2D eigenvalue weighted by atomic mass is 10.1. The summed E-state index contributed by atoms with van der Waals surface area (Å²) in [5, 5.41) is 2.86. The number of benzene rings is 3. The molecule has 0 spiro atoms. The molecule has 1 amide bonds. The molecular formula is C22H22N2O3S. The van der Waals surface area contributed by atoms with E-state index >= 15 is 0 Å². The third-order valence-corrected chi connectivity index (χ3v) is 6.51. The van der Waals surface area contributed by atoms with Crippen molar-refractivity contribution in [2.75, 3.05) is 16.7 Å². The van der Waals surface area contributed by atoms with Crippen LogP contribution in [-0.4, -0.2) is 21.4 Å². The monoisotopic (exact) mass is 394 g/mol. The zero-order chi connectivity index (χ0) is 20.3. The smallest absolute Gasteiger partial charge is 0.264 e. The Hall–Kier alpha value is -3.12. The molecule has 0 aliphatic rings. The molecule has 0 unspecified atom stereocenters. The number of sulfonamides is 1. The summed E-state index contributed by atoms with van der Waals surface area (Å²) in [6.07, 6.45) is 0. The maximum Gasteiger partial charge on any atom is 0.264 e. The van der Waals surface area contributed by atoms with Gasteiger partial charge in [0.25, 0.3) is 15.9 Å². The maximum absolute atomic E-state index is 13.0. The Morgan fingerprint density at radius 2 is 1.57 bits per heavy atom. The molecule has 3 aromatic carbocycles. The lowest BCUT2D eigenvalue weighted by molar-refractivity contribution is 0.102. The standard InChI is InChI=1S/C22H22N2O3S/c1-16-9-7-14-21(17(16)2)23-22(25)18-10-8-13-20(15-18)28(26,27)24(3)19-11-5-4-6-12-19/h4-15H,1-3H3,(H,23,25). The number of nitrogens with one attached hydrogen (secondary N) is 1. The van der Waals surface area contributed by atoms with E-state index in [1.165, 1.54) is 23.5 Å². The highest BCUT2D eigenvalue weighted by Gasteiger charge is 2.22. The summed E-state index contributed by atoms with van der Waals surface area (Å²) in [5.41, 5.74) is 3.58. The van der Waals surface area contributed by atoms with E-state index in [2.05, 4.69) is 5.32 Å². The van der Waals surface area contributed by atoms with Crippen molar-refractivity contribution < 1.29 is 13.2 Å². The van der Waals surface area contributed by atoms with Gasteiger partial charge in [0.1, 0.15) is 0 Å². The fourth-order valence-electron chi connectivity index (χ4n) is 2.81. The van der Waals surface area contributed by atoms with Crippen molar-refractivity contribution in [3.05, 3.63) is 89.5 Å². The van der Waals surface area contributed by atoms with Gasteiger partial charge < -0.3 is 5.32 Å². The van der Waals surface area contributed by atoms with Crippen LogP contribution in [0.5, 0.6) is 0 Å². The average Bonchev–Trinajstić information content (AvgIpc) is 2.71. The molecule has 0 aliphatic carbocycles. The Morgan fingerprint density at radius 3 is 2.29 bits per heavy atom. The van der Waals surface area contributed by atoms with Crippen LogP contribution in [0.3, 0.4) is 0 Å². The SMILES string of the molecule is Cc1cccc(NC(=O)c2cccc(S(=O)(=O)N(C)c3ccccc3)c2)c1C. The van der Waals surface area contributed by atoms with Gasteiger partial charge in [0.05, 0.1) is 10.6 Å². The first-order chi connectivity index (χ1) is 13.3. The van der Waals surface area contributed by atoms with E-state index in [1.54, 1.807) is 36.4 Å². The Labute approximate surface area is 165 Å². The summed E-state index contributed by atoms with van der Waals surface area (Å²) < 4.78 is 27.1. The molecule has 5 nitrogen and oxygen atoms in total. The zero-order valence-corrected chi connectivity index (χ0v) is 16.8. The van der Waals surface area contributed by atoms with E-state index in [1.807, 2.05) is 38.1 Å². The molecular weight excluding hydrogens is 372 g/mol. The van der Waals surface area contributed by atoms with Crippen LogP contribution in [0.15, 0.2) is 77.7 Å². The summed E-state index contributed by atoms with van der Waals surface area (Å²) in [6.45, 7) is 3.90. The normalized spacial score (nSPS) is 11.1. The first-order valence-corrected chi connectivity index (χ1v) is 10.3. The number of nitrogens with zero attached hydrogens (tertiary/aromatic N) is 1. The van der Waals surface area contributed by atoms with Gasteiger partial charge in [-0.2, -0.15) is 0 Å². The average molecular weight is 394 g/mol. The molecule has 0 bridgehead atoms. The highest BCUT2D eigenvalue weighted by molar-refractivity contribution is 7.92. The molecule has 0 radical (unpaired) electrons. The third kappa shape index (κ3) is 3.92. The number of rotatable bonds is 5. The van der Waals surface area contributed by atoms with Crippen molar-refractivity contribution in [1.29, 1.82) is 0 Å². The molecule has 0 aromatic heterocycles. The number of hydrogen-bond donors (Lipinski definition) is 1. The highest BCUT2D eigenvalue weighted by Crippen LogP contribution is 2.23. The Bertz CT molecular complexity index is 1110. The summed E-state index contributed by atoms with van der Waals surface area (Å²) in [6, 6.07) is 20.5. The molecule has 144 valence electrons. The largest absolute Gasteiger partial charge is 0.322 e. The number of amides is 1. The maximum atomic E-state index is 13.0. The van der Waals surface area contributed by atoms with E-state index in [4.69, 9.17) is 0 Å². The quantitative estimate of drug-likeness (QED) is 0.698. The molecule has 0 heterocycles. The first-order valence-electron chi connectivity index (χ1n) is 8.82. The molecule has 0 saturated heterocycles. The Morgan fingerprint density at radius 1 is 0.893 bits per heavy atom. The van der Waals surface area contributed by atoms with E-state index in [0.29, 0.717) is 11.4 Å². The van der Waals surface area contributed by atoms with E-state index < -0.39 is 10.0 Å². The zero-order valence-electron chi connectivity index (χ0n) is 16.0. The van der Waals surface area contributed by atoms with Gasteiger partial charge in [0, 0.05) is 18.3 Å². The van der Waals surface area contributed by atoms with Gasteiger partial charge in [-0.15, -0.1) is 0 Å². The minimum atomic E-state index is -3.78. The number of para-hydroxylation sites is 1. The molecule has 0 atom stereocenters. The second kappa shape index (κ2) is 7.86. The van der Waals surface area contributed by atoms with E-state index in [9.17, 15) is 13.2 Å². The molecule has 1 N–H and O–H groups in total. The third-order valence-electron chi connectivity index (χ3n) is 4.73. The minimum absolute atomic E-state index is 0.0625. The number of hydrogen-bond acceptors (Lipinski definition) is 3. The second-order valence-corrected chi connectivity index (χ2v) is 8.51. The van der Waals surface area contributed by atoms with Crippen molar-refractivity contribution >= 4 is 27.3 Å². The fourth-order valence-corrected chi connectivity index (χ4v) is 4.06. The van der Waals surface area contributed by atoms with Crippen LogP contribution in [-0.2, 0) is 10.0 Å². The predicted octanol–water partition coefficient (Wildman–Crippen LogP) is 4.38. The molecule has 0 fully saturated rings. The number of aryl methyl sites for hydroxylation is 1. The van der Waals surface area contributed by atoms with Gasteiger partial charge in [-0.25, -0.2) is 8.42 Å². The minimum Gasteiger partial charge on any atom is -0.322 e. The number of carbonyl (C=O) groups excluding carboxylic acids is 1. The van der Waals surface area contributed by atoms with Crippen molar-refractivity contribution in [2.24, 2.45) is 0 Å². The highest BCUT2D eigenvalue weighted by atomic mass is 32.2. The van der Waals surface area contributed by atoms with Gasteiger partial charge in [-0.3, -0.25) is 9.10 Å². The first kappa shape index (κ1) is 19.6. The van der Waals surface area contributed by atoms with Crippen LogP contribution in [0.2, 0.25) is 0 Å². The summed E-state index contributed by atoms with van der Waals surface area (Å²) >= 11 is 0. The second-order valence-electron chi connectivity index (χ2n) is 6.54. The van der Waals surface area contributed by atoms with Crippen LogP contribution in [0, 0.1) is 13.8 Å². The van der Waals surface area contributed by atoms with Crippen molar-refractivity contribution in [3.8, 4) is 0 Å². The van der Waals surface area contributed by atoms with E-state index in [-0.39, 0.29) is 16.4 Å². The molecule has 0 saturated carbocycles. The fraction of sp³-hybridized carbons (Fsp3) is 0.136. The Balaban J connectivity index is 1.89. The number of carbonyl (C=O) groups is 1. The van der Waals surface area contributed by atoms with Crippen molar-refractivity contribution in [2.45, 2.75) is 18.7 Å². The van der Waals surface area contributed by atoms with Crippen LogP contribution >= 0.6 is 0 Å². The summed E-state index contributed by atoms with van der Waals surface area (Å²) in [4.78, 5) is 12.7.